The van der Waals surface area contributed by atoms with Crippen LogP contribution in [0.15, 0.2) is 32.3 Å². The van der Waals surface area contributed by atoms with Gasteiger partial charge in [0.1, 0.15) is 0 Å². The second kappa shape index (κ2) is 4.48. The van der Waals surface area contributed by atoms with Gasteiger partial charge in [0.25, 0.3) is 15.2 Å². The second-order valence-electron chi connectivity index (χ2n) is 3.13. The van der Waals surface area contributed by atoms with Gasteiger partial charge in [0.2, 0.25) is 0 Å². The number of aromatic amines is 1. The van der Waals surface area contributed by atoms with Gasteiger partial charge in [-0.25, -0.2) is 18.7 Å². The fraction of sp³-hybridized carbons (Fsp3) is 0. The van der Waals surface area contributed by atoms with Crippen LogP contribution >= 0.6 is 31.9 Å². The Labute approximate surface area is 114 Å². The molecule has 17 heavy (non-hydrogen) atoms. The van der Waals surface area contributed by atoms with Gasteiger partial charge in [-0.05, 0) is 18.2 Å². The summed E-state index contributed by atoms with van der Waals surface area (Å²) in [5.41, 5.74) is 0.658. The molecule has 9 heteroatoms. The summed E-state index contributed by atoms with van der Waals surface area (Å²) in [6.07, 6.45) is 0. The van der Waals surface area contributed by atoms with Gasteiger partial charge in [-0.3, -0.25) is 0 Å². The summed E-state index contributed by atoms with van der Waals surface area (Å²) in [4.78, 5) is 3.82. The number of nitrogens with two attached hydrogens (primary N) is 1. The van der Waals surface area contributed by atoms with Crippen LogP contribution < -0.4 is 5.14 Å². The minimum absolute atomic E-state index is 0.252. The Morgan fingerprint density at radius 3 is 2.59 bits per heavy atom. The maximum Gasteiger partial charge on any atom is 0.273 e. The van der Waals surface area contributed by atoms with E-state index in [1.54, 1.807) is 12.1 Å². The summed E-state index contributed by atoms with van der Waals surface area (Å²) < 4.78 is 23.7. The van der Waals surface area contributed by atoms with Crippen LogP contribution in [0.4, 0.5) is 0 Å². The van der Waals surface area contributed by atoms with Crippen LogP contribution in [0.2, 0.25) is 0 Å². The number of nitrogens with one attached hydrogen (secondary N) is 1. The van der Waals surface area contributed by atoms with Crippen molar-refractivity contribution in [1.29, 1.82) is 0 Å². The molecular formula is C8H6Br2N4O2S. The molecular weight excluding hydrogens is 376 g/mol. The van der Waals surface area contributed by atoms with Crippen LogP contribution in [-0.2, 0) is 10.0 Å². The van der Waals surface area contributed by atoms with E-state index >= 15 is 0 Å². The third kappa shape index (κ3) is 2.73. The molecule has 0 atom stereocenters. The van der Waals surface area contributed by atoms with Crippen molar-refractivity contribution >= 4 is 41.9 Å². The monoisotopic (exact) mass is 380 g/mol. The van der Waals surface area contributed by atoms with Gasteiger partial charge in [0, 0.05) is 14.5 Å². The van der Waals surface area contributed by atoms with Gasteiger partial charge in [-0.15, -0.1) is 0 Å². The van der Waals surface area contributed by atoms with Crippen molar-refractivity contribution in [3.05, 3.63) is 27.1 Å². The molecule has 6 nitrogen and oxygen atoms in total. The zero-order valence-corrected chi connectivity index (χ0v) is 12.2. The summed E-state index contributed by atoms with van der Waals surface area (Å²) in [5, 5.41) is 10.7. The van der Waals surface area contributed by atoms with E-state index in [9.17, 15) is 8.42 Å². The predicted octanol–water partition coefficient (Wildman–Crippen LogP) is 1.64. The minimum Gasteiger partial charge on any atom is -0.248 e. The predicted molar refractivity (Wildman–Crippen MR) is 68.6 cm³/mol. The maximum atomic E-state index is 11.1. The average Bonchev–Trinajstić information content (AvgIpc) is 2.70. The standard InChI is InChI=1S/C8H6Br2N4O2S/c9-4-1-2-6(10)5(3-4)7-12-8(14-13-7)17(11,15)16/h1-3H,(H2,11,15,16)(H,12,13,14). The summed E-state index contributed by atoms with van der Waals surface area (Å²) >= 11 is 6.64. The number of sulfonamides is 1. The van der Waals surface area contributed by atoms with Crippen molar-refractivity contribution < 1.29 is 8.42 Å². The van der Waals surface area contributed by atoms with Gasteiger partial charge < -0.3 is 0 Å². The summed E-state index contributed by atoms with van der Waals surface area (Å²) in [6.45, 7) is 0. The van der Waals surface area contributed by atoms with Crippen LogP contribution in [-0.4, -0.2) is 23.6 Å². The van der Waals surface area contributed by atoms with Crippen molar-refractivity contribution in [2.45, 2.75) is 5.16 Å². The molecule has 0 saturated carbocycles. The minimum atomic E-state index is -3.87. The van der Waals surface area contributed by atoms with Crippen molar-refractivity contribution in [2.75, 3.05) is 0 Å². The number of halogens is 2. The average molecular weight is 382 g/mol. The Hall–Kier alpha value is -0.770. The fourth-order valence-corrected chi connectivity index (χ4v) is 2.34. The Morgan fingerprint density at radius 1 is 1.29 bits per heavy atom. The van der Waals surface area contributed by atoms with Crippen molar-refractivity contribution in [3.8, 4) is 11.4 Å². The lowest BCUT2D eigenvalue weighted by Crippen LogP contribution is -2.13. The molecule has 1 aromatic heterocycles. The summed E-state index contributed by atoms with van der Waals surface area (Å²) in [6, 6.07) is 5.40. The smallest absolute Gasteiger partial charge is 0.248 e. The molecule has 0 saturated heterocycles. The van der Waals surface area contributed by atoms with Gasteiger partial charge in [0.15, 0.2) is 5.82 Å². The third-order valence-corrected chi connectivity index (χ3v) is 3.81. The summed E-state index contributed by atoms with van der Waals surface area (Å²) in [5.74, 6) is 0.252. The van der Waals surface area contributed by atoms with E-state index < -0.39 is 10.0 Å². The van der Waals surface area contributed by atoms with Crippen LogP contribution in [0.3, 0.4) is 0 Å². The van der Waals surface area contributed by atoms with Gasteiger partial charge >= 0.3 is 0 Å². The molecule has 1 aromatic carbocycles. The quantitative estimate of drug-likeness (QED) is 0.825. The van der Waals surface area contributed by atoms with Crippen LogP contribution in [0.1, 0.15) is 0 Å². The molecule has 90 valence electrons. The molecule has 1 heterocycles. The molecule has 0 radical (unpaired) electrons. The van der Waals surface area contributed by atoms with Crippen LogP contribution in [0.25, 0.3) is 11.4 Å². The van der Waals surface area contributed by atoms with Crippen LogP contribution in [0, 0.1) is 0 Å². The fourth-order valence-electron chi connectivity index (χ4n) is 1.16. The number of nitrogens with zero attached hydrogens (tertiary/aromatic N) is 2. The lowest BCUT2D eigenvalue weighted by atomic mass is 10.2. The molecule has 0 aliphatic carbocycles. The lowest BCUT2D eigenvalue weighted by molar-refractivity contribution is 0.589. The Morgan fingerprint density at radius 2 is 2.00 bits per heavy atom. The Kier molecular flexibility index (Phi) is 3.34. The molecule has 2 aromatic rings. The number of benzene rings is 1. The van der Waals surface area contributed by atoms with E-state index in [1.165, 1.54) is 0 Å². The SMILES string of the molecule is NS(=O)(=O)c1nc(-c2cc(Br)ccc2Br)n[nH]1. The first-order valence-electron chi connectivity index (χ1n) is 4.28. The van der Waals surface area contributed by atoms with Crippen molar-refractivity contribution in [1.82, 2.24) is 15.2 Å². The normalized spacial score (nSPS) is 11.7. The van der Waals surface area contributed by atoms with E-state index in [2.05, 4.69) is 47.0 Å². The highest BCUT2D eigenvalue weighted by atomic mass is 79.9. The number of hydrogen-bond acceptors (Lipinski definition) is 4. The molecule has 0 unspecified atom stereocenters. The molecule has 0 aliphatic heterocycles. The van der Waals surface area contributed by atoms with E-state index in [0.29, 0.717) is 5.56 Å². The molecule has 0 aliphatic rings. The molecule has 0 spiro atoms. The first-order chi connectivity index (χ1) is 7.88. The highest BCUT2D eigenvalue weighted by molar-refractivity contribution is 9.11. The van der Waals surface area contributed by atoms with Crippen LogP contribution in [0.5, 0.6) is 0 Å². The third-order valence-electron chi connectivity index (χ3n) is 1.90. The van der Waals surface area contributed by atoms with Gasteiger partial charge in [-0.2, -0.15) is 10.1 Å². The second-order valence-corrected chi connectivity index (χ2v) is 6.38. The summed E-state index contributed by atoms with van der Waals surface area (Å²) in [7, 11) is -3.87. The molecule has 0 amide bonds. The van der Waals surface area contributed by atoms with Crippen molar-refractivity contribution in [3.63, 3.8) is 0 Å². The zero-order valence-electron chi connectivity index (χ0n) is 8.18. The van der Waals surface area contributed by atoms with E-state index in [4.69, 9.17) is 5.14 Å². The number of H-pyrrole nitrogens is 1. The topological polar surface area (TPSA) is 102 Å². The molecule has 0 fully saturated rings. The van der Waals surface area contributed by atoms with Gasteiger partial charge in [-0.1, -0.05) is 31.9 Å². The maximum absolute atomic E-state index is 11.1. The van der Waals surface area contributed by atoms with E-state index in [-0.39, 0.29) is 11.0 Å². The zero-order chi connectivity index (χ0) is 12.6. The highest BCUT2D eigenvalue weighted by Gasteiger charge is 2.16. The number of aromatic nitrogens is 3. The first kappa shape index (κ1) is 12.7. The number of rotatable bonds is 2. The number of hydrogen-bond donors (Lipinski definition) is 2. The van der Waals surface area contributed by atoms with E-state index in [1.807, 2.05) is 6.07 Å². The highest BCUT2D eigenvalue weighted by Crippen LogP contribution is 2.28. The first-order valence-corrected chi connectivity index (χ1v) is 7.42. The molecule has 2 rings (SSSR count). The molecule has 0 bridgehead atoms. The Bertz CT molecular complexity index is 668. The van der Waals surface area contributed by atoms with Gasteiger partial charge in [0.05, 0.1) is 0 Å². The van der Waals surface area contributed by atoms with E-state index in [0.717, 1.165) is 8.95 Å². The Balaban J connectivity index is 2.55. The molecule has 3 N–H and O–H groups in total. The lowest BCUT2D eigenvalue weighted by Gasteiger charge is -1.99. The largest absolute Gasteiger partial charge is 0.273 e. The number of primary sulfonamides is 1. The van der Waals surface area contributed by atoms with Crippen molar-refractivity contribution in [2.24, 2.45) is 5.14 Å².